The number of aromatic nitrogens is 1. The molecule has 1 aliphatic rings. The van der Waals surface area contributed by atoms with Crippen molar-refractivity contribution in [1.29, 1.82) is 0 Å². The molecule has 0 bridgehead atoms. The number of hydrogen-bond donors (Lipinski definition) is 1. The molecule has 1 aromatic heterocycles. The third-order valence-electron chi connectivity index (χ3n) is 2.74. The van der Waals surface area contributed by atoms with E-state index in [0.29, 0.717) is 17.7 Å². The van der Waals surface area contributed by atoms with Crippen LogP contribution in [0.3, 0.4) is 0 Å². The second-order valence-corrected chi connectivity index (χ2v) is 4.51. The third-order valence-corrected chi connectivity index (χ3v) is 3.65. The smallest absolute Gasteiger partial charge is 0.197 e. The van der Waals surface area contributed by atoms with Gasteiger partial charge in [-0.25, -0.2) is 0 Å². The van der Waals surface area contributed by atoms with Gasteiger partial charge in [-0.2, -0.15) is 4.37 Å². The van der Waals surface area contributed by atoms with Gasteiger partial charge in [-0.05, 0) is 18.0 Å². The first-order valence-electron chi connectivity index (χ1n) is 5.42. The Balaban J connectivity index is 2.16. The van der Waals surface area contributed by atoms with Crippen LogP contribution < -0.4 is 15.4 Å². The van der Waals surface area contributed by atoms with E-state index in [0.717, 1.165) is 31.1 Å². The van der Waals surface area contributed by atoms with Gasteiger partial charge in [0.15, 0.2) is 16.6 Å². The highest BCUT2D eigenvalue weighted by Gasteiger charge is 2.24. The Morgan fingerprint density at radius 3 is 3.19 bits per heavy atom. The largest absolute Gasteiger partial charge is 0.490 e. The van der Waals surface area contributed by atoms with Crippen molar-refractivity contribution < 1.29 is 9.47 Å². The van der Waals surface area contributed by atoms with Crippen molar-refractivity contribution in [2.24, 2.45) is 0 Å². The molecule has 0 aromatic carbocycles. The number of anilines is 2. The molecule has 0 saturated carbocycles. The molecule has 0 aliphatic carbocycles. The van der Waals surface area contributed by atoms with Crippen molar-refractivity contribution in [1.82, 2.24) is 4.37 Å². The molecule has 1 aromatic rings. The van der Waals surface area contributed by atoms with Gasteiger partial charge in [-0.1, -0.05) is 6.92 Å². The maximum Gasteiger partial charge on any atom is 0.197 e. The SMILES string of the molecule is CCC1CN(c2snc(N)c2OC)CCO1. The van der Waals surface area contributed by atoms with E-state index >= 15 is 0 Å². The summed E-state index contributed by atoms with van der Waals surface area (Å²) in [6, 6.07) is 0. The van der Waals surface area contributed by atoms with Gasteiger partial charge in [0.25, 0.3) is 0 Å². The van der Waals surface area contributed by atoms with Gasteiger partial charge in [0, 0.05) is 13.1 Å². The molecule has 2 rings (SSSR count). The summed E-state index contributed by atoms with van der Waals surface area (Å²) < 4.78 is 15.0. The first-order chi connectivity index (χ1) is 7.76. The number of rotatable bonds is 3. The van der Waals surface area contributed by atoms with Crippen LogP contribution in [0.2, 0.25) is 0 Å². The normalized spacial score (nSPS) is 21.1. The fraction of sp³-hybridized carbons (Fsp3) is 0.700. The van der Waals surface area contributed by atoms with Gasteiger partial charge in [0.05, 0.1) is 19.8 Å². The van der Waals surface area contributed by atoms with Crippen LogP contribution in [0.5, 0.6) is 5.75 Å². The summed E-state index contributed by atoms with van der Waals surface area (Å²) in [6.07, 6.45) is 1.31. The zero-order valence-corrected chi connectivity index (χ0v) is 10.4. The molecule has 5 nitrogen and oxygen atoms in total. The van der Waals surface area contributed by atoms with Crippen LogP contribution in [0, 0.1) is 0 Å². The summed E-state index contributed by atoms with van der Waals surface area (Å²) in [6.45, 7) is 4.63. The molecule has 0 radical (unpaired) electrons. The van der Waals surface area contributed by atoms with E-state index in [4.69, 9.17) is 15.2 Å². The average Bonchev–Trinajstić information content (AvgIpc) is 2.70. The molecule has 6 heteroatoms. The summed E-state index contributed by atoms with van der Waals surface area (Å²) in [5.74, 6) is 1.17. The zero-order valence-electron chi connectivity index (χ0n) is 9.60. The Kier molecular flexibility index (Phi) is 3.50. The molecule has 0 spiro atoms. The van der Waals surface area contributed by atoms with Gasteiger partial charge in [0.2, 0.25) is 0 Å². The van der Waals surface area contributed by atoms with Gasteiger partial charge < -0.3 is 20.1 Å². The molecule has 16 heavy (non-hydrogen) atoms. The minimum absolute atomic E-state index is 0.293. The fourth-order valence-electron chi connectivity index (χ4n) is 1.83. The van der Waals surface area contributed by atoms with Crippen molar-refractivity contribution in [3.05, 3.63) is 0 Å². The first-order valence-corrected chi connectivity index (χ1v) is 6.19. The highest BCUT2D eigenvalue weighted by molar-refractivity contribution is 7.11. The van der Waals surface area contributed by atoms with Gasteiger partial charge in [-0.3, -0.25) is 0 Å². The van der Waals surface area contributed by atoms with Gasteiger partial charge in [-0.15, -0.1) is 0 Å². The summed E-state index contributed by atoms with van der Waals surface area (Å²) in [4.78, 5) is 2.24. The molecular formula is C10H17N3O2S. The van der Waals surface area contributed by atoms with Gasteiger partial charge >= 0.3 is 0 Å². The van der Waals surface area contributed by atoms with Gasteiger partial charge in [0.1, 0.15) is 0 Å². The van der Waals surface area contributed by atoms with Crippen molar-refractivity contribution >= 4 is 22.4 Å². The van der Waals surface area contributed by atoms with Crippen LogP contribution in [-0.4, -0.2) is 37.3 Å². The lowest BCUT2D eigenvalue weighted by atomic mass is 10.2. The molecule has 1 atom stereocenters. The molecule has 1 unspecified atom stereocenters. The van der Waals surface area contributed by atoms with Crippen molar-refractivity contribution in [2.75, 3.05) is 37.4 Å². The predicted octanol–water partition coefficient (Wildman–Crippen LogP) is 1.35. The molecule has 2 heterocycles. The highest BCUT2D eigenvalue weighted by atomic mass is 32.1. The van der Waals surface area contributed by atoms with E-state index in [1.54, 1.807) is 7.11 Å². The molecule has 1 aliphatic heterocycles. The topological polar surface area (TPSA) is 60.6 Å². The first kappa shape index (κ1) is 11.5. The number of ether oxygens (including phenoxy) is 2. The van der Waals surface area contributed by atoms with Crippen molar-refractivity contribution in [3.8, 4) is 5.75 Å². The van der Waals surface area contributed by atoms with E-state index in [-0.39, 0.29) is 0 Å². The second-order valence-electron chi connectivity index (χ2n) is 3.75. The maximum absolute atomic E-state index is 5.74. The molecular weight excluding hydrogens is 226 g/mol. The second kappa shape index (κ2) is 4.88. The number of nitrogen functional groups attached to an aromatic ring is 1. The van der Waals surface area contributed by atoms with Crippen LogP contribution >= 0.6 is 11.5 Å². The summed E-state index contributed by atoms with van der Waals surface area (Å²) in [5, 5.41) is 1.02. The number of nitrogens with zero attached hydrogens (tertiary/aromatic N) is 2. The number of hydrogen-bond acceptors (Lipinski definition) is 6. The molecule has 1 fully saturated rings. The zero-order chi connectivity index (χ0) is 11.5. The quantitative estimate of drug-likeness (QED) is 0.868. The summed E-state index contributed by atoms with van der Waals surface area (Å²) in [5.41, 5.74) is 5.74. The predicted molar refractivity (Wildman–Crippen MR) is 65.3 cm³/mol. The highest BCUT2D eigenvalue weighted by Crippen LogP contribution is 2.38. The monoisotopic (exact) mass is 243 g/mol. The van der Waals surface area contributed by atoms with E-state index in [9.17, 15) is 0 Å². The Morgan fingerprint density at radius 2 is 2.50 bits per heavy atom. The molecule has 1 saturated heterocycles. The molecule has 2 N–H and O–H groups in total. The minimum Gasteiger partial charge on any atom is -0.490 e. The fourth-order valence-corrected chi connectivity index (χ4v) is 2.65. The third kappa shape index (κ3) is 2.08. The summed E-state index contributed by atoms with van der Waals surface area (Å²) >= 11 is 1.39. The Hall–Kier alpha value is -1.01. The van der Waals surface area contributed by atoms with E-state index < -0.39 is 0 Å². The Bertz CT molecular complexity index is 356. The van der Waals surface area contributed by atoms with Crippen LogP contribution in [0.15, 0.2) is 0 Å². The van der Waals surface area contributed by atoms with Crippen molar-refractivity contribution in [2.45, 2.75) is 19.4 Å². The lowest BCUT2D eigenvalue weighted by molar-refractivity contribution is 0.0385. The van der Waals surface area contributed by atoms with Crippen LogP contribution in [0.1, 0.15) is 13.3 Å². The number of methoxy groups -OCH3 is 1. The van der Waals surface area contributed by atoms with Crippen molar-refractivity contribution in [3.63, 3.8) is 0 Å². The lowest BCUT2D eigenvalue weighted by Gasteiger charge is -2.33. The minimum atomic E-state index is 0.293. The molecule has 90 valence electrons. The maximum atomic E-state index is 5.74. The van der Waals surface area contributed by atoms with E-state index in [1.165, 1.54) is 11.5 Å². The summed E-state index contributed by atoms with van der Waals surface area (Å²) in [7, 11) is 1.63. The van der Waals surface area contributed by atoms with E-state index in [1.807, 2.05) is 0 Å². The molecule has 0 amide bonds. The van der Waals surface area contributed by atoms with E-state index in [2.05, 4.69) is 16.2 Å². The Labute approximate surface area is 99.3 Å². The van der Waals surface area contributed by atoms with Crippen LogP contribution in [0.4, 0.5) is 10.8 Å². The standard InChI is InChI=1S/C10H17N3O2S/c1-3-7-6-13(4-5-15-7)10-8(14-2)9(11)12-16-10/h7H,3-6H2,1-2H3,(H2,11,12). The number of morpholine rings is 1. The number of nitrogens with two attached hydrogens (primary N) is 1. The van der Waals surface area contributed by atoms with Crippen LogP contribution in [-0.2, 0) is 4.74 Å². The van der Waals surface area contributed by atoms with Crippen LogP contribution in [0.25, 0.3) is 0 Å². The Morgan fingerprint density at radius 1 is 1.69 bits per heavy atom. The average molecular weight is 243 g/mol. The lowest BCUT2D eigenvalue weighted by Crippen LogP contribution is -2.41.